The molecule has 0 aliphatic rings. The molecule has 0 aliphatic heterocycles. The number of imidazole rings is 1. The molecule has 2 heterocycles. The second kappa shape index (κ2) is 8.50. The number of halogens is 2. The van der Waals surface area contributed by atoms with Crippen molar-refractivity contribution in [1.29, 1.82) is 0 Å². The molecule has 30 heavy (non-hydrogen) atoms. The summed E-state index contributed by atoms with van der Waals surface area (Å²) in [7, 11) is 1.80. The van der Waals surface area contributed by atoms with Crippen LogP contribution in [0.4, 0.5) is 0 Å². The molecule has 6 heteroatoms. The zero-order chi connectivity index (χ0) is 21.3. The van der Waals surface area contributed by atoms with E-state index in [0.717, 1.165) is 27.4 Å². The fourth-order valence-corrected chi connectivity index (χ4v) is 3.95. The van der Waals surface area contributed by atoms with E-state index in [2.05, 4.69) is 4.98 Å². The Bertz CT molecular complexity index is 1220. The second-order valence-electron chi connectivity index (χ2n) is 7.17. The number of aromatic nitrogens is 2. The Hall–Kier alpha value is -2.82. The summed E-state index contributed by atoms with van der Waals surface area (Å²) < 4.78 is 1.81. The summed E-state index contributed by atoms with van der Waals surface area (Å²) in [6.45, 7) is 2.49. The number of benzene rings is 2. The molecular weight excluding hydrogens is 417 g/mol. The molecule has 2 aromatic heterocycles. The minimum atomic E-state index is -0.0724. The Balaban J connectivity index is 1.57. The maximum Gasteiger partial charge on any atom is 0.272 e. The largest absolute Gasteiger partial charge is 0.336 e. The standard InChI is InChI=1S/C24H21Cl2N3O/c1-3-21-23(29-13-12-18(25)14-22(29)27-21)24(30)28(2)15-16-8-10-17(11-9-16)19-6-4-5-7-20(19)26/h4-14H,3,15H2,1-2H3. The molecule has 4 nitrogen and oxygen atoms in total. The lowest BCUT2D eigenvalue weighted by molar-refractivity contribution is 0.0777. The van der Waals surface area contributed by atoms with Gasteiger partial charge in [0.25, 0.3) is 5.91 Å². The third kappa shape index (κ3) is 3.93. The highest BCUT2D eigenvalue weighted by Crippen LogP contribution is 2.28. The minimum Gasteiger partial charge on any atom is -0.336 e. The maximum atomic E-state index is 13.2. The van der Waals surface area contributed by atoms with Gasteiger partial charge in [-0.2, -0.15) is 0 Å². The summed E-state index contributed by atoms with van der Waals surface area (Å²) in [5, 5.41) is 1.32. The molecule has 152 valence electrons. The molecule has 0 N–H and O–H groups in total. The first-order valence-electron chi connectivity index (χ1n) is 9.73. The van der Waals surface area contributed by atoms with Crippen LogP contribution in [-0.4, -0.2) is 27.2 Å². The van der Waals surface area contributed by atoms with Crippen molar-refractivity contribution in [2.24, 2.45) is 0 Å². The fraction of sp³-hybridized carbons (Fsp3) is 0.167. The average Bonchev–Trinajstić information content (AvgIpc) is 3.11. The van der Waals surface area contributed by atoms with Crippen LogP contribution in [0.15, 0.2) is 66.9 Å². The predicted molar refractivity (Wildman–Crippen MR) is 122 cm³/mol. The summed E-state index contributed by atoms with van der Waals surface area (Å²) in [6, 6.07) is 19.4. The summed E-state index contributed by atoms with van der Waals surface area (Å²) in [4.78, 5) is 19.5. The molecule has 4 rings (SSSR count). The Morgan fingerprint density at radius 3 is 2.50 bits per heavy atom. The molecular formula is C24H21Cl2N3O. The molecule has 0 saturated carbocycles. The lowest BCUT2D eigenvalue weighted by Crippen LogP contribution is -2.28. The van der Waals surface area contributed by atoms with Gasteiger partial charge in [0, 0.05) is 41.5 Å². The van der Waals surface area contributed by atoms with Crippen LogP contribution in [0.2, 0.25) is 10.0 Å². The normalized spacial score (nSPS) is 11.1. The first-order chi connectivity index (χ1) is 14.5. The Morgan fingerprint density at radius 2 is 1.80 bits per heavy atom. The van der Waals surface area contributed by atoms with Crippen LogP contribution >= 0.6 is 23.2 Å². The molecule has 0 bridgehead atoms. The van der Waals surface area contributed by atoms with Gasteiger partial charge in [0.1, 0.15) is 11.3 Å². The van der Waals surface area contributed by atoms with Gasteiger partial charge in [-0.3, -0.25) is 9.20 Å². The van der Waals surface area contributed by atoms with Crippen LogP contribution in [0.25, 0.3) is 16.8 Å². The van der Waals surface area contributed by atoms with Gasteiger partial charge in [0.05, 0.1) is 5.69 Å². The van der Waals surface area contributed by atoms with Gasteiger partial charge < -0.3 is 4.90 Å². The maximum absolute atomic E-state index is 13.2. The topological polar surface area (TPSA) is 37.6 Å². The quantitative estimate of drug-likeness (QED) is 0.375. The number of amides is 1. The second-order valence-corrected chi connectivity index (χ2v) is 8.02. The molecule has 0 saturated heterocycles. The number of hydrogen-bond acceptors (Lipinski definition) is 2. The number of carbonyl (C=O) groups is 1. The number of hydrogen-bond donors (Lipinski definition) is 0. The van der Waals surface area contributed by atoms with E-state index in [1.165, 1.54) is 0 Å². The van der Waals surface area contributed by atoms with Crippen LogP contribution in [-0.2, 0) is 13.0 Å². The summed E-state index contributed by atoms with van der Waals surface area (Å²) >= 11 is 12.4. The molecule has 0 atom stereocenters. The summed E-state index contributed by atoms with van der Waals surface area (Å²) in [5.74, 6) is -0.0724. The van der Waals surface area contributed by atoms with E-state index in [-0.39, 0.29) is 5.91 Å². The van der Waals surface area contributed by atoms with E-state index in [1.54, 1.807) is 30.3 Å². The van der Waals surface area contributed by atoms with Crippen molar-refractivity contribution in [2.75, 3.05) is 7.05 Å². The van der Waals surface area contributed by atoms with Gasteiger partial charge in [-0.25, -0.2) is 4.98 Å². The molecule has 0 spiro atoms. The van der Waals surface area contributed by atoms with Crippen molar-refractivity contribution in [3.05, 3.63) is 93.9 Å². The van der Waals surface area contributed by atoms with Crippen LogP contribution in [0.1, 0.15) is 28.7 Å². The Morgan fingerprint density at radius 1 is 1.07 bits per heavy atom. The minimum absolute atomic E-state index is 0.0724. The lowest BCUT2D eigenvalue weighted by Gasteiger charge is -2.18. The molecule has 4 aromatic rings. The van der Waals surface area contributed by atoms with Crippen molar-refractivity contribution < 1.29 is 4.79 Å². The van der Waals surface area contributed by atoms with Gasteiger partial charge in [-0.1, -0.05) is 72.6 Å². The molecule has 0 radical (unpaired) electrons. The highest BCUT2D eigenvalue weighted by Gasteiger charge is 2.21. The zero-order valence-electron chi connectivity index (χ0n) is 16.8. The number of aryl methyl sites for hydroxylation is 1. The van der Waals surface area contributed by atoms with E-state index in [9.17, 15) is 4.79 Å². The summed E-state index contributed by atoms with van der Waals surface area (Å²) in [5.41, 5.74) is 5.11. The molecule has 2 aromatic carbocycles. The third-order valence-electron chi connectivity index (χ3n) is 5.10. The summed E-state index contributed by atoms with van der Waals surface area (Å²) in [6.07, 6.45) is 2.46. The van der Waals surface area contributed by atoms with Crippen molar-refractivity contribution in [1.82, 2.24) is 14.3 Å². The smallest absolute Gasteiger partial charge is 0.272 e. The third-order valence-corrected chi connectivity index (χ3v) is 5.67. The zero-order valence-corrected chi connectivity index (χ0v) is 18.3. The van der Waals surface area contributed by atoms with Crippen LogP contribution in [0, 0.1) is 0 Å². The molecule has 0 unspecified atom stereocenters. The van der Waals surface area contributed by atoms with Crippen LogP contribution in [0.5, 0.6) is 0 Å². The van der Waals surface area contributed by atoms with Crippen molar-refractivity contribution in [3.8, 4) is 11.1 Å². The van der Waals surface area contributed by atoms with Gasteiger partial charge in [0.2, 0.25) is 0 Å². The SMILES string of the molecule is CCc1nc2cc(Cl)ccn2c1C(=O)N(C)Cc1ccc(-c2ccccc2Cl)cc1. The highest BCUT2D eigenvalue weighted by molar-refractivity contribution is 6.33. The van der Waals surface area contributed by atoms with E-state index < -0.39 is 0 Å². The van der Waals surface area contributed by atoms with E-state index >= 15 is 0 Å². The number of pyridine rings is 1. The first kappa shape index (κ1) is 20.5. The van der Waals surface area contributed by atoms with E-state index in [1.807, 2.05) is 59.9 Å². The van der Waals surface area contributed by atoms with E-state index in [0.29, 0.717) is 29.3 Å². The fourth-order valence-electron chi connectivity index (χ4n) is 3.55. The van der Waals surface area contributed by atoms with Crippen LogP contribution < -0.4 is 0 Å². The average molecular weight is 438 g/mol. The highest BCUT2D eigenvalue weighted by atomic mass is 35.5. The predicted octanol–water partition coefficient (Wildman–Crippen LogP) is 6.14. The number of fused-ring (bicyclic) bond motifs is 1. The van der Waals surface area contributed by atoms with Gasteiger partial charge in [0.15, 0.2) is 0 Å². The van der Waals surface area contributed by atoms with Crippen LogP contribution in [0.3, 0.4) is 0 Å². The first-order valence-corrected chi connectivity index (χ1v) is 10.5. The van der Waals surface area contributed by atoms with Gasteiger partial charge in [-0.15, -0.1) is 0 Å². The monoisotopic (exact) mass is 437 g/mol. The van der Waals surface area contributed by atoms with Crippen molar-refractivity contribution in [3.63, 3.8) is 0 Å². The van der Waals surface area contributed by atoms with Gasteiger partial charge in [-0.05, 0) is 29.7 Å². The van der Waals surface area contributed by atoms with Crippen molar-refractivity contribution >= 4 is 34.8 Å². The lowest BCUT2D eigenvalue weighted by atomic mass is 10.0. The molecule has 0 fully saturated rings. The molecule has 0 aliphatic carbocycles. The van der Waals surface area contributed by atoms with Crippen molar-refractivity contribution in [2.45, 2.75) is 19.9 Å². The number of nitrogens with zero attached hydrogens (tertiary/aromatic N) is 3. The Labute approximate surface area is 185 Å². The van der Waals surface area contributed by atoms with E-state index in [4.69, 9.17) is 23.2 Å². The Kier molecular flexibility index (Phi) is 5.80. The molecule has 1 amide bonds. The number of carbonyl (C=O) groups excluding carboxylic acids is 1. The van der Waals surface area contributed by atoms with Gasteiger partial charge >= 0.3 is 0 Å². The number of rotatable bonds is 5.